The monoisotopic (exact) mass is 345 g/mol. The number of hydrogen-bond donors (Lipinski definition) is 2. The van der Waals surface area contributed by atoms with Crippen molar-refractivity contribution in [2.75, 3.05) is 5.32 Å². The summed E-state index contributed by atoms with van der Waals surface area (Å²) in [4.78, 5) is 22.8. The molecule has 1 aliphatic rings. The smallest absolute Gasteiger partial charge is 0.350 e. The molecular weight excluding hydrogens is 333 g/mol. The molecule has 23 heavy (non-hydrogen) atoms. The van der Waals surface area contributed by atoms with E-state index in [2.05, 4.69) is 5.32 Å². The number of hydrogen-bond acceptors (Lipinski definition) is 7. The summed E-state index contributed by atoms with van der Waals surface area (Å²) < 4.78 is 54.3. The molecule has 0 aliphatic carbocycles. The molecule has 10 heteroatoms. The van der Waals surface area contributed by atoms with Gasteiger partial charge in [-0.15, -0.1) is 0 Å². The summed E-state index contributed by atoms with van der Waals surface area (Å²) >= 11 is 0. The van der Waals surface area contributed by atoms with Crippen molar-refractivity contribution in [2.45, 2.75) is 24.5 Å². The van der Waals surface area contributed by atoms with Crippen LogP contribution < -0.4 is 5.32 Å². The molecule has 0 saturated carbocycles. The van der Waals surface area contributed by atoms with Crippen molar-refractivity contribution in [1.29, 1.82) is 0 Å². The summed E-state index contributed by atoms with van der Waals surface area (Å²) in [6.07, 6.45) is 0.825. The van der Waals surface area contributed by atoms with Crippen LogP contribution in [-0.2, 0) is 29.2 Å². The van der Waals surface area contributed by atoms with Crippen LogP contribution >= 0.6 is 0 Å². The molecule has 2 N–H and O–H groups in total. The van der Waals surface area contributed by atoms with Gasteiger partial charge in [-0.3, -0.25) is 4.55 Å². The molecule has 1 saturated heterocycles. The number of carbonyl (C=O) groups excluding carboxylic acids is 2. The fourth-order valence-electron chi connectivity index (χ4n) is 1.70. The average molecular weight is 345 g/mol. The molecular formula is C13H12FNO7S. The minimum absolute atomic E-state index is 0.377. The van der Waals surface area contributed by atoms with Gasteiger partial charge in [0.15, 0.2) is 5.57 Å². The van der Waals surface area contributed by atoms with Crippen LogP contribution in [0.4, 0.5) is 10.1 Å². The van der Waals surface area contributed by atoms with E-state index in [1.54, 1.807) is 0 Å². The van der Waals surface area contributed by atoms with Crippen molar-refractivity contribution in [3.8, 4) is 0 Å². The Hall–Kier alpha value is -2.46. The van der Waals surface area contributed by atoms with E-state index < -0.39 is 44.1 Å². The molecule has 0 amide bonds. The molecule has 1 aromatic carbocycles. The lowest BCUT2D eigenvalue weighted by atomic mass is 10.2. The Morgan fingerprint density at radius 2 is 1.78 bits per heavy atom. The van der Waals surface area contributed by atoms with Crippen LogP contribution in [0.3, 0.4) is 0 Å². The molecule has 0 atom stereocenters. The molecule has 0 spiro atoms. The first-order valence-corrected chi connectivity index (χ1v) is 7.64. The van der Waals surface area contributed by atoms with Crippen LogP contribution in [0.5, 0.6) is 0 Å². The molecule has 0 bridgehead atoms. The van der Waals surface area contributed by atoms with Crippen molar-refractivity contribution >= 4 is 27.7 Å². The lowest BCUT2D eigenvalue weighted by molar-refractivity contribution is -0.222. The summed E-state index contributed by atoms with van der Waals surface area (Å²) in [6.45, 7) is 2.73. The van der Waals surface area contributed by atoms with Crippen LogP contribution in [0.1, 0.15) is 13.8 Å². The van der Waals surface area contributed by atoms with E-state index in [1.807, 2.05) is 0 Å². The number of carbonyl (C=O) groups is 2. The topological polar surface area (TPSA) is 119 Å². The van der Waals surface area contributed by atoms with E-state index in [0.29, 0.717) is 0 Å². The largest absolute Gasteiger partial charge is 0.419 e. The number of esters is 2. The van der Waals surface area contributed by atoms with Gasteiger partial charge in [0.2, 0.25) is 0 Å². The Balaban J connectivity index is 2.30. The van der Waals surface area contributed by atoms with Gasteiger partial charge in [-0.25, -0.2) is 14.0 Å². The number of anilines is 1. The second kappa shape index (κ2) is 5.63. The average Bonchev–Trinajstić information content (AvgIpc) is 2.36. The maximum Gasteiger partial charge on any atom is 0.350 e. The molecule has 0 aromatic heterocycles. The van der Waals surface area contributed by atoms with Gasteiger partial charge in [0.1, 0.15) is 5.82 Å². The van der Waals surface area contributed by atoms with E-state index in [1.165, 1.54) is 13.8 Å². The molecule has 8 nitrogen and oxygen atoms in total. The van der Waals surface area contributed by atoms with Gasteiger partial charge in [-0.05, 0) is 18.2 Å². The molecule has 1 aromatic rings. The molecule has 0 radical (unpaired) electrons. The Labute approximate surface area is 130 Å². The summed E-state index contributed by atoms with van der Waals surface area (Å²) in [7, 11) is -4.53. The van der Waals surface area contributed by atoms with Gasteiger partial charge in [-0.1, -0.05) is 0 Å². The third-order valence-electron chi connectivity index (χ3n) is 2.72. The Morgan fingerprint density at radius 1 is 1.22 bits per heavy atom. The highest BCUT2D eigenvalue weighted by molar-refractivity contribution is 7.85. The number of cyclic esters (lactones) is 2. The van der Waals surface area contributed by atoms with Crippen LogP contribution in [-0.4, -0.2) is 30.7 Å². The first kappa shape index (κ1) is 16.9. The summed E-state index contributed by atoms with van der Waals surface area (Å²) in [5, 5.41) is 2.27. The first-order chi connectivity index (χ1) is 10.5. The van der Waals surface area contributed by atoms with Gasteiger partial charge in [0.25, 0.3) is 15.9 Å². The fraction of sp³-hybridized carbons (Fsp3) is 0.231. The quantitative estimate of drug-likeness (QED) is 0.363. The second-order valence-electron chi connectivity index (χ2n) is 5.00. The SMILES string of the molecule is CC1(C)OC(=O)C(=CNc2cc(S(=O)(=O)O)ccc2F)C(=O)O1. The zero-order valence-electron chi connectivity index (χ0n) is 12.0. The van der Waals surface area contributed by atoms with Crippen LogP contribution in [0.25, 0.3) is 0 Å². The van der Waals surface area contributed by atoms with Gasteiger partial charge in [0, 0.05) is 20.0 Å². The summed E-state index contributed by atoms with van der Waals surface area (Å²) in [6, 6.07) is 2.45. The van der Waals surface area contributed by atoms with Crippen LogP contribution in [0.2, 0.25) is 0 Å². The minimum Gasteiger partial charge on any atom is -0.419 e. The Bertz CT molecular complexity index is 792. The highest BCUT2D eigenvalue weighted by Crippen LogP contribution is 2.24. The highest BCUT2D eigenvalue weighted by atomic mass is 32.2. The first-order valence-electron chi connectivity index (χ1n) is 6.20. The number of benzene rings is 1. The number of nitrogens with one attached hydrogen (secondary N) is 1. The molecule has 1 heterocycles. The van der Waals surface area contributed by atoms with Crippen LogP contribution in [0, 0.1) is 5.82 Å². The molecule has 1 aliphatic heterocycles. The van der Waals surface area contributed by atoms with Crippen molar-refractivity contribution in [2.24, 2.45) is 0 Å². The van der Waals surface area contributed by atoms with Crippen molar-refractivity contribution in [1.82, 2.24) is 0 Å². The fourth-order valence-corrected chi connectivity index (χ4v) is 2.21. The van der Waals surface area contributed by atoms with Crippen molar-refractivity contribution in [3.63, 3.8) is 0 Å². The molecule has 2 rings (SSSR count). The van der Waals surface area contributed by atoms with Gasteiger partial charge < -0.3 is 14.8 Å². The normalized spacial score (nSPS) is 17.3. The maximum atomic E-state index is 13.6. The van der Waals surface area contributed by atoms with E-state index in [4.69, 9.17) is 14.0 Å². The van der Waals surface area contributed by atoms with E-state index >= 15 is 0 Å². The zero-order valence-corrected chi connectivity index (χ0v) is 12.8. The Kier molecular flexibility index (Phi) is 4.14. The van der Waals surface area contributed by atoms with Gasteiger partial charge in [0.05, 0.1) is 10.6 Å². The lowest BCUT2D eigenvalue weighted by Gasteiger charge is -2.29. The minimum atomic E-state index is -4.53. The number of rotatable bonds is 3. The third-order valence-corrected chi connectivity index (χ3v) is 3.57. The van der Waals surface area contributed by atoms with E-state index in [-0.39, 0.29) is 5.69 Å². The molecule has 124 valence electrons. The van der Waals surface area contributed by atoms with E-state index in [0.717, 1.165) is 24.4 Å². The zero-order chi connectivity index (χ0) is 17.4. The standard InChI is InChI=1S/C13H12FNO7S/c1-13(2)21-11(16)8(12(17)22-13)6-15-10-5-7(23(18,19)20)3-4-9(10)14/h3-6,15H,1-2H3,(H,18,19,20). The maximum absolute atomic E-state index is 13.6. The van der Waals surface area contributed by atoms with Crippen molar-refractivity contribution in [3.05, 3.63) is 35.8 Å². The molecule has 1 fully saturated rings. The highest BCUT2D eigenvalue weighted by Gasteiger charge is 2.39. The predicted molar refractivity (Wildman–Crippen MR) is 74.2 cm³/mol. The van der Waals surface area contributed by atoms with Gasteiger partial charge >= 0.3 is 11.9 Å². The van der Waals surface area contributed by atoms with Crippen molar-refractivity contribution < 1.29 is 36.4 Å². The number of ether oxygens (including phenoxy) is 2. The second-order valence-corrected chi connectivity index (χ2v) is 6.42. The number of halogens is 1. The van der Waals surface area contributed by atoms with Crippen LogP contribution in [0.15, 0.2) is 34.9 Å². The van der Waals surface area contributed by atoms with E-state index in [9.17, 15) is 22.4 Å². The predicted octanol–water partition coefficient (Wildman–Crippen LogP) is 1.20. The lowest BCUT2D eigenvalue weighted by Crippen LogP contribution is -2.42. The third kappa shape index (κ3) is 3.85. The summed E-state index contributed by atoms with van der Waals surface area (Å²) in [5.41, 5.74) is -0.904. The summed E-state index contributed by atoms with van der Waals surface area (Å²) in [5.74, 6) is -4.25. The molecule has 0 unspecified atom stereocenters. The van der Waals surface area contributed by atoms with Gasteiger partial charge in [-0.2, -0.15) is 8.42 Å². The Morgan fingerprint density at radius 3 is 2.30 bits per heavy atom.